The van der Waals surface area contributed by atoms with Crippen molar-refractivity contribution in [1.82, 2.24) is 5.32 Å². The van der Waals surface area contributed by atoms with Crippen LogP contribution in [-0.2, 0) is 0 Å². The summed E-state index contributed by atoms with van der Waals surface area (Å²) in [6.45, 7) is 9.57. The number of nitrogens with one attached hydrogen (secondary N) is 1. The lowest BCUT2D eigenvalue weighted by Gasteiger charge is -2.24. The van der Waals surface area contributed by atoms with Gasteiger partial charge in [-0.1, -0.05) is 58.7 Å². The van der Waals surface area contributed by atoms with E-state index in [1.165, 1.54) is 12.8 Å². The van der Waals surface area contributed by atoms with Crippen LogP contribution < -0.4 is 5.32 Å². The van der Waals surface area contributed by atoms with E-state index in [0.29, 0.717) is 12.0 Å². The maximum Gasteiger partial charge on any atom is 0.126 e. The van der Waals surface area contributed by atoms with Gasteiger partial charge in [0.05, 0.1) is 0 Å². The average molecular weight is 265 g/mol. The van der Waals surface area contributed by atoms with Gasteiger partial charge in [-0.25, -0.2) is 4.39 Å². The Morgan fingerprint density at radius 3 is 2.26 bits per heavy atom. The summed E-state index contributed by atoms with van der Waals surface area (Å²) >= 11 is 0. The highest BCUT2D eigenvalue weighted by Crippen LogP contribution is 2.28. The van der Waals surface area contributed by atoms with Gasteiger partial charge in [0, 0.05) is 12.6 Å². The molecule has 1 nitrogen and oxygen atoms in total. The molecule has 1 unspecified atom stereocenters. The van der Waals surface area contributed by atoms with E-state index in [9.17, 15) is 4.39 Å². The number of hydrogen-bond donors (Lipinski definition) is 1. The lowest BCUT2D eigenvalue weighted by Crippen LogP contribution is -2.29. The van der Waals surface area contributed by atoms with Crippen LogP contribution in [-0.4, -0.2) is 12.6 Å². The van der Waals surface area contributed by atoms with Crippen LogP contribution >= 0.6 is 0 Å². The Hall–Kier alpha value is -0.890. The molecule has 1 atom stereocenters. The summed E-state index contributed by atoms with van der Waals surface area (Å²) in [7, 11) is 0. The highest BCUT2D eigenvalue weighted by Gasteiger charge is 2.19. The second-order valence-corrected chi connectivity index (χ2v) is 5.70. The fourth-order valence-electron chi connectivity index (χ4n) is 2.53. The lowest BCUT2D eigenvalue weighted by molar-refractivity contribution is 0.384. The molecule has 0 radical (unpaired) electrons. The second kappa shape index (κ2) is 8.31. The normalized spacial score (nSPS) is 13.2. The maximum absolute atomic E-state index is 14.0. The van der Waals surface area contributed by atoms with Crippen molar-refractivity contribution in [3.8, 4) is 0 Å². The maximum atomic E-state index is 14.0. The van der Waals surface area contributed by atoms with Crippen molar-refractivity contribution in [2.75, 3.05) is 6.54 Å². The Kier molecular flexibility index (Phi) is 7.07. The number of hydrogen-bond acceptors (Lipinski definition) is 1. The quantitative estimate of drug-likeness (QED) is 0.716. The predicted molar refractivity (Wildman–Crippen MR) is 81.0 cm³/mol. The first-order valence-electron chi connectivity index (χ1n) is 7.56. The van der Waals surface area contributed by atoms with Crippen LogP contribution in [0.25, 0.3) is 0 Å². The van der Waals surface area contributed by atoms with E-state index in [1.54, 1.807) is 12.1 Å². The van der Waals surface area contributed by atoms with Crippen LogP contribution in [0.1, 0.15) is 58.4 Å². The third kappa shape index (κ3) is 5.32. The molecule has 0 spiro atoms. The van der Waals surface area contributed by atoms with Crippen LogP contribution in [0.5, 0.6) is 0 Å². The van der Waals surface area contributed by atoms with Gasteiger partial charge < -0.3 is 5.32 Å². The SMILES string of the molecule is CCC(CC)CC(CNC(C)C)c1ccccc1F. The molecule has 0 aromatic heterocycles. The van der Waals surface area contributed by atoms with E-state index in [4.69, 9.17) is 0 Å². The number of halogens is 1. The molecule has 2 heteroatoms. The van der Waals surface area contributed by atoms with Crippen molar-refractivity contribution in [2.45, 2.75) is 58.9 Å². The van der Waals surface area contributed by atoms with Crippen molar-refractivity contribution in [3.63, 3.8) is 0 Å². The monoisotopic (exact) mass is 265 g/mol. The molecule has 0 aliphatic rings. The zero-order valence-corrected chi connectivity index (χ0v) is 12.7. The Morgan fingerprint density at radius 2 is 1.74 bits per heavy atom. The van der Waals surface area contributed by atoms with Crippen molar-refractivity contribution in [2.24, 2.45) is 5.92 Å². The molecule has 1 rings (SSSR count). The largest absolute Gasteiger partial charge is 0.314 e. The summed E-state index contributed by atoms with van der Waals surface area (Å²) in [4.78, 5) is 0. The first kappa shape index (κ1) is 16.2. The Bertz CT molecular complexity index is 358. The molecule has 1 aromatic rings. The van der Waals surface area contributed by atoms with Gasteiger partial charge in [0.1, 0.15) is 5.82 Å². The molecule has 0 aliphatic heterocycles. The fourth-order valence-corrected chi connectivity index (χ4v) is 2.53. The highest BCUT2D eigenvalue weighted by atomic mass is 19.1. The summed E-state index contributed by atoms with van der Waals surface area (Å²) in [6, 6.07) is 7.65. The molecular formula is C17H28FN. The van der Waals surface area contributed by atoms with Gasteiger partial charge >= 0.3 is 0 Å². The van der Waals surface area contributed by atoms with Crippen LogP contribution in [0.4, 0.5) is 4.39 Å². The van der Waals surface area contributed by atoms with E-state index in [1.807, 2.05) is 12.1 Å². The van der Waals surface area contributed by atoms with Crippen LogP contribution in [0.3, 0.4) is 0 Å². The third-order valence-electron chi connectivity index (χ3n) is 3.89. The summed E-state index contributed by atoms with van der Waals surface area (Å²) in [5, 5.41) is 3.46. The minimum absolute atomic E-state index is 0.0657. The van der Waals surface area contributed by atoms with E-state index < -0.39 is 0 Å². The molecule has 0 amide bonds. The molecule has 108 valence electrons. The van der Waals surface area contributed by atoms with Crippen LogP contribution in [0.15, 0.2) is 24.3 Å². The van der Waals surface area contributed by atoms with Crippen molar-refractivity contribution in [3.05, 3.63) is 35.6 Å². The van der Waals surface area contributed by atoms with Gasteiger partial charge in [-0.2, -0.15) is 0 Å². The van der Waals surface area contributed by atoms with E-state index in [2.05, 4.69) is 33.0 Å². The van der Waals surface area contributed by atoms with Gasteiger partial charge in [0.25, 0.3) is 0 Å². The standard InChI is InChI=1S/C17H28FN/c1-5-14(6-2)11-15(12-19-13(3)4)16-9-7-8-10-17(16)18/h7-10,13-15,19H,5-6,11-12H2,1-4H3. The van der Waals surface area contributed by atoms with Crippen molar-refractivity contribution >= 4 is 0 Å². The minimum atomic E-state index is -0.0657. The van der Waals surface area contributed by atoms with Gasteiger partial charge in [0.2, 0.25) is 0 Å². The minimum Gasteiger partial charge on any atom is -0.314 e. The van der Waals surface area contributed by atoms with Crippen molar-refractivity contribution in [1.29, 1.82) is 0 Å². The molecule has 0 saturated carbocycles. The topological polar surface area (TPSA) is 12.0 Å². The molecule has 0 bridgehead atoms. The highest BCUT2D eigenvalue weighted by molar-refractivity contribution is 5.22. The Labute approximate surface area is 117 Å². The molecule has 0 fully saturated rings. The average Bonchev–Trinajstić information content (AvgIpc) is 2.40. The summed E-state index contributed by atoms with van der Waals surface area (Å²) < 4.78 is 14.0. The van der Waals surface area contributed by atoms with Crippen LogP contribution in [0, 0.1) is 11.7 Å². The fraction of sp³-hybridized carbons (Fsp3) is 0.647. The Morgan fingerprint density at radius 1 is 1.11 bits per heavy atom. The zero-order valence-electron chi connectivity index (χ0n) is 12.7. The molecule has 1 aromatic carbocycles. The first-order chi connectivity index (χ1) is 9.08. The number of benzene rings is 1. The van der Waals surface area contributed by atoms with Gasteiger partial charge in [-0.05, 0) is 29.9 Å². The lowest BCUT2D eigenvalue weighted by atomic mass is 9.85. The van der Waals surface area contributed by atoms with E-state index in [-0.39, 0.29) is 11.7 Å². The smallest absolute Gasteiger partial charge is 0.126 e. The summed E-state index contributed by atoms with van der Waals surface area (Å²) in [5.41, 5.74) is 0.863. The number of rotatable bonds is 8. The predicted octanol–water partition coefficient (Wildman–Crippen LogP) is 4.73. The summed E-state index contributed by atoms with van der Waals surface area (Å²) in [6.07, 6.45) is 3.40. The molecule has 0 saturated heterocycles. The van der Waals surface area contributed by atoms with Crippen LogP contribution in [0.2, 0.25) is 0 Å². The van der Waals surface area contributed by atoms with Crippen molar-refractivity contribution < 1.29 is 4.39 Å². The van der Waals surface area contributed by atoms with Gasteiger partial charge in [-0.3, -0.25) is 0 Å². The molecular weight excluding hydrogens is 237 g/mol. The van der Waals surface area contributed by atoms with E-state index >= 15 is 0 Å². The first-order valence-corrected chi connectivity index (χ1v) is 7.56. The second-order valence-electron chi connectivity index (χ2n) is 5.70. The van der Waals surface area contributed by atoms with E-state index in [0.717, 1.165) is 18.5 Å². The van der Waals surface area contributed by atoms with Gasteiger partial charge in [0.15, 0.2) is 0 Å². The Balaban J connectivity index is 2.82. The zero-order chi connectivity index (χ0) is 14.3. The molecule has 19 heavy (non-hydrogen) atoms. The molecule has 0 aliphatic carbocycles. The van der Waals surface area contributed by atoms with Gasteiger partial charge in [-0.15, -0.1) is 0 Å². The molecule has 0 heterocycles. The summed E-state index contributed by atoms with van der Waals surface area (Å²) in [5.74, 6) is 0.885. The molecule has 1 N–H and O–H groups in total. The third-order valence-corrected chi connectivity index (χ3v) is 3.89.